The number of halogens is 1. The molecule has 1 aromatic carbocycles. The van der Waals surface area contributed by atoms with Crippen LogP contribution < -0.4 is 10.2 Å². The largest absolute Gasteiger partial charge is 0.366 e. The molecule has 1 heterocycles. The zero-order chi connectivity index (χ0) is 13.3. The average molecular weight is 253 g/mol. The van der Waals surface area contributed by atoms with Crippen molar-refractivity contribution in [1.29, 1.82) is 0 Å². The minimum atomic E-state index is -0.589. The Morgan fingerprint density at radius 2 is 2.22 bits per heavy atom. The molecule has 0 aromatic heterocycles. The van der Waals surface area contributed by atoms with Crippen LogP contribution in [-0.4, -0.2) is 30.1 Å². The first-order valence-corrected chi connectivity index (χ1v) is 5.83. The predicted molar refractivity (Wildman–Crippen MR) is 67.3 cm³/mol. The summed E-state index contributed by atoms with van der Waals surface area (Å²) in [5.41, 5.74) is 0.118. The quantitative estimate of drug-likeness (QED) is 0.646. The summed E-state index contributed by atoms with van der Waals surface area (Å²) in [7, 11) is 0. The van der Waals surface area contributed by atoms with Gasteiger partial charge in [0.15, 0.2) is 5.82 Å². The Kier molecular flexibility index (Phi) is 3.21. The maximum absolute atomic E-state index is 13.9. The van der Waals surface area contributed by atoms with Crippen LogP contribution >= 0.6 is 0 Å². The number of hydrogen-bond donors (Lipinski definition) is 1. The molecule has 2 rings (SSSR count). The van der Waals surface area contributed by atoms with E-state index in [1.165, 1.54) is 12.1 Å². The number of benzene rings is 1. The fourth-order valence-corrected chi connectivity index (χ4v) is 2.21. The van der Waals surface area contributed by atoms with E-state index in [0.717, 1.165) is 12.6 Å². The molecule has 1 saturated heterocycles. The second-order valence-corrected chi connectivity index (χ2v) is 5.13. The molecule has 1 aliphatic rings. The number of non-ortho nitro benzene ring substituents is 1. The molecule has 1 aromatic rings. The van der Waals surface area contributed by atoms with Gasteiger partial charge in [-0.25, -0.2) is 4.39 Å². The minimum absolute atomic E-state index is 0.0908. The van der Waals surface area contributed by atoms with E-state index < -0.39 is 10.7 Å². The molecule has 0 saturated carbocycles. The molecular formula is C12H16FN3O2. The third-order valence-electron chi connectivity index (χ3n) is 3.05. The first kappa shape index (κ1) is 12.8. The lowest BCUT2D eigenvalue weighted by atomic mass is 10.0. The van der Waals surface area contributed by atoms with Crippen LogP contribution in [0.25, 0.3) is 0 Å². The summed E-state index contributed by atoms with van der Waals surface area (Å²) in [6.45, 7) is 6.22. The lowest BCUT2D eigenvalue weighted by molar-refractivity contribution is -0.385. The zero-order valence-electron chi connectivity index (χ0n) is 10.4. The summed E-state index contributed by atoms with van der Waals surface area (Å²) in [4.78, 5) is 11.9. The van der Waals surface area contributed by atoms with Crippen LogP contribution in [0.1, 0.15) is 13.8 Å². The Morgan fingerprint density at radius 1 is 1.50 bits per heavy atom. The third-order valence-corrected chi connectivity index (χ3v) is 3.05. The molecule has 0 unspecified atom stereocenters. The van der Waals surface area contributed by atoms with Gasteiger partial charge in [0.2, 0.25) is 0 Å². The summed E-state index contributed by atoms with van der Waals surface area (Å²) in [5.74, 6) is -0.540. The summed E-state index contributed by atoms with van der Waals surface area (Å²) in [6.07, 6.45) is 0. The van der Waals surface area contributed by atoms with E-state index in [0.29, 0.717) is 18.8 Å². The molecular weight excluding hydrogens is 237 g/mol. The van der Waals surface area contributed by atoms with Crippen molar-refractivity contribution in [2.75, 3.05) is 24.5 Å². The van der Waals surface area contributed by atoms with Gasteiger partial charge in [-0.3, -0.25) is 10.1 Å². The van der Waals surface area contributed by atoms with Crippen LogP contribution in [0.2, 0.25) is 0 Å². The van der Waals surface area contributed by atoms with Crippen LogP contribution in [0.4, 0.5) is 15.8 Å². The first-order chi connectivity index (χ1) is 8.39. The van der Waals surface area contributed by atoms with Crippen molar-refractivity contribution in [3.05, 3.63) is 34.1 Å². The van der Waals surface area contributed by atoms with E-state index in [1.807, 2.05) is 18.7 Å². The fraction of sp³-hybridized carbons (Fsp3) is 0.500. The summed E-state index contributed by atoms with van der Waals surface area (Å²) < 4.78 is 13.9. The topological polar surface area (TPSA) is 58.4 Å². The number of nitro groups is 1. The molecule has 0 amide bonds. The van der Waals surface area contributed by atoms with Gasteiger partial charge < -0.3 is 10.2 Å². The molecule has 1 aliphatic heterocycles. The van der Waals surface area contributed by atoms with Crippen LogP contribution in [0.15, 0.2) is 18.2 Å². The van der Waals surface area contributed by atoms with E-state index in [1.54, 1.807) is 0 Å². The molecule has 0 spiro atoms. The van der Waals surface area contributed by atoms with E-state index in [4.69, 9.17) is 0 Å². The third kappa shape index (κ3) is 2.59. The molecule has 18 heavy (non-hydrogen) atoms. The van der Waals surface area contributed by atoms with Crippen molar-refractivity contribution in [2.45, 2.75) is 19.4 Å². The number of anilines is 1. The molecule has 0 bridgehead atoms. The highest BCUT2D eigenvalue weighted by Crippen LogP contribution is 2.26. The van der Waals surface area contributed by atoms with Gasteiger partial charge in [0, 0.05) is 31.2 Å². The Labute approximate surface area is 105 Å². The van der Waals surface area contributed by atoms with Crippen molar-refractivity contribution in [2.24, 2.45) is 0 Å². The maximum atomic E-state index is 13.9. The van der Waals surface area contributed by atoms with Gasteiger partial charge in [0.25, 0.3) is 5.69 Å². The first-order valence-electron chi connectivity index (χ1n) is 5.83. The Hall–Kier alpha value is -1.69. The Balaban J connectivity index is 2.26. The predicted octanol–water partition coefficient (Wildman–Crippen LogP) is 1.92. The Morgan fingerprint density at radius 3 is 2.78 bits per heavy atom. The van der Waals surface area contributed by atoms with Gasteiger partial charge in [0.05, 0.1) is 16.7 Å². The van der Waals surface area contributed by atoms with E-state index in [-0.39, 0.29) is 11.2 Å². The van der Waals surface area contributed by atoms with Gasteiger partial charge in [0.1, 0.15) is 0 Å². The molecule has 0 radical (unpaired) electrons. The Bertz CT molecular complexity index is 476. The minimum Gasteiger partial charge on any atom is -0.366 e. The van der Waals surface area contributed by atoms with Gasteiger partial charge in [-0.2, -0.15) is 0 Å². The highest BCUT2D eigenvalue weighted by molar-refractivity contribution is 5.53. The molecule has 1 N–H and O–H groups in total. The van der Waals surface area contributed by atoms with Crippen molar-refractivity contribution in [1.82, 2.24) is 5.32 Å². The van der Waals surface area contributed by atoms with Crippen molar-refractivity contribution < 1.29 is 9.31 Å². The molecule has 0 atom stereocenters. The van der Waals surface area contributed by atoms with E-state index in [2.05, 4.69) is 5.32 Å². The van der Waals surface area contributed by atoms with Gasteiger partial charge >= 0.3 is 0 Å². The average Bonchev–Trinajstić information content (AvgIpc) is 2.27. The maximum Gasteiger partial charge on any atom is 0.272 e. The second kappa shape index (κ2) is 4.53. The monoisotopic (exact) mass is 253 g/mol. The molecule has 5 nitrogen and oxygen atoms in total. The van der Waals surface area contributed by atoms with Gasteiger partial charge in [-0.15, -0.1) is 0 Å². The van der Waals surface area contributed by atoms with E-state index >= 15 is 0 Å². The number of nitrogens with one attached hydrogen (secondary N) is 1. The number of piperazine rings is 1. The lowest BCUT2D eigenvalue weighted by Gasteiger charge is -2.40. The lowest BCUT2D eigenvalue weighted by Crippen LogP contribution is -2.57. The molecule has 0 aliphatic carbocycles. The van der Waals surface area contributed by atoms with Gasteiger partial charge in [-0.05, 0) is 19.9 Å². The number of hydrogen-bond acceptors (Lipinski definition) is 4. The summed E-state index contributed by atoms with van der Waals surface area (Å²) in [5, 5.41) is 13.9. The fourth-order valence-electron chi connectivity index (χ4n) is 2.21. The SMILES string of the molecule is CC1(C)CN(c2ccc([N+](=O)[O-])cc2F)CCN1. The summed E-state index contributed by atoms with van der Waals surface area (Å²) >= 11 is 0. The number of rotatable bonds is 2. The van der Waals surface area contributed by atoms with E-state index in [9.17, 15) is 14.5 Å². The van der Waals surface area contributed by atoms with Crippen LogP contribution in [0.5, 0.6) is 0 Å². The second-order valence-electron chi connectivity index (χ2n) is 5.13. The number of nitrogens with zero attached hydrogens (tertiary/aromatic N) is 2. The summed E-state index contributed by atoms with van der Waals surface area (Å²) in [6, 6.07) is 3.80. The van der Waals surface area contributed by atoms with Crippen molar-refractivity contribution in [3.8, 4) is 0 Å². The van der Waals surface area contributed by atoms with Crippen molar-refractivity contribution in [3.63, 3.8) is 0 Å². The molecule has 98 valence electrons. The molecule has 6 heteroatoms. The highest BCUT2D eigenvalue weighted by Gasteiger charge is 2.27. The number of nitro benzene ring substituents is 1. The van der Waals surface area contributed by atoms with Crippen molar-refractivity contribution >= 4 is 11.4 Å². The zero-order valence-corrected chi connectivity index (χ0v) is 10.4. The van der Waals surface area contributed by atoms with Crippen LogP contribution in [-0.2, 0) is 0 Å². The smallest absolute Gasteiger partial charge is 0.272 e. The molecule has 1 fully saturated rings. The van der Waals surface area contributed by atoms with Gasteiger partial charge in [-0.1, -0.05) is 0 Å². The highest BCUT2D eigenvalue weighted by atomic mass is 19.1. The standard InChI is InChI=1S/C12H16FN3O2/c1-12(2)8-15(6-5-14-12)11-4-3-9(16(17)18)7-10(11)13/h3-4,7,14H,5-6,8H2,1-2H3. The van der Waals surface area contributed by atoms with Crippen LogP contribution in [0, 0.1) is 15.9 Å². The normalized spacial score (nSPS) is 18.7. The van der Waals surface area contributed by atoms with Crippen LogP contribution in [0.3, 0.4) is 0 Å².